The van der Waals surface area contributed by atoms with E-state index in [9.17, 15) is 4.79 Å². The Bertz CT molecular complexity index is 136. The van der Waals surface area contributed by atoms with Gasteiger partial charge in [-0.05, 0) is 18.8 Å². The van der Waals surface area contributed by atoms with Gasteiger partial charge >= 0.3 is 0 Å². The van der Waals surface area contributed by atoms with Crippen LogP contribution in [0.2, 0.25) is 0 Å². The molecule has 2 nitrogen and oxygen atoms in total. The van der Waals surface area contributed by atoms with Gasteiger partial charge in [0.25, 0.3) is 0 Å². The molecule has 0 aliphatic rings. The first-order chi connectivity index (χ1) is 5.20. The smallest absolute Gasteiger partial charge is 0.243 e. The van der Waals surface area contributed by atoms with Crippen LogP contribution in [0.1, 0.15) is 13.3 Å². The Morgan fingerprint density at radius 2 is 2.45 bits per heavy atom. The maximum absolute atomic E-state index is 10.6. The Hall–Kier alpha value is -0.440. The fraction of sp³-hybridized carbons (Fsp3) is 0.625. The molecule has 11 heavy (non-hydrogen) atoms. The molecular weight excluding hydrogens is 158 g/mol. The number of hydrogen-bond acceptors (Lipinski definition) is 2. The van der Waals surface area contributed by atoms with E-state index < -0.39 is 0 Å². The summed E-state index contributed by atoms with van der Waals surface area (Å²) in [6.45, 7) is 6.25. The van der Waals surface area contributed by atoms with Gasteiger partial charge < -0.3 is 5.32 Å². The van der Waals surface area contributed by atoms with Crippen molar-refractivity contribution in [1.82, 2.24) is 5.32 Å². The Morgan fingerprint density at radius 3 is 2.91 bits per heavy atom. The van der Waals surface area contributed by atoms with E-state index in [2.05, 4.69) is 25.1 Å². The summed E-state index contributed by atoms with van der Waals surface area (Å²) >= 11 is 1.81. The Morgan fingerprint density at radius 1 is 1.82 bits per heavy atom. The van der Waals surface area contributed by atoms with Gasteiger partial charge in [0, 0.05) is 11.8 Å². The van der Waals surface area contributed by atoms with Gasteiger partial charge in [-0.25, -0.2) is 0 Å². The van der Waals surface area contributed by atoms with Crippen molar-refractivity contribution in [2.24, 2.45) is 0 Å². The van der Waals surface area contributed by atoms with Crippen LogP contribution in [-0.4, -0.2) is 24.0 Å². The van der Waals surface area contributed by atoms with E-state index in [1.807, 2.05) is 0 Å². The molecule has 0 aliphatic heterocycles. The molecule has 0 radical (unpaired) electrons. The Labute approximate surface area is 72.4 Å². The molecule has 0 aromatic carbocycles. The third-order valence-corrected chi connectivity index (χ3v) is 2.48. The average Bonchev–Trinajstić information content (AvgIpc) is 2.04. The van der Waals surface area contributed by atoms with Crippen LogP contribution < -0.4 is 5.32 Å². The maximum atomic E-state index is 10.6. The summed E-state index contributed by atoms with van der Waals surface area (Å²) in [5.74, 6) is -0.0849. The van der Waals surface area contributed by atoms with Crippen LogP contribution >= 0.6 is 11.8 Å². The highest BCUT2D eigenvalue weighted by molar-refractivity contribution is 7.99. The second kappa shape index (κ2) is 6.28. The summed E-state index contributed by atoms with van der Waals surface area (Å²) in [6.07, 6.45) is 4.38. The minimum atomic E-state index is -0.0849. The topological polar surface area (TPSA) is 29.1 Å². The lowest BCUT2D eigenvalue weighted by Gasteiger charge is -2.07. The normalized spacial score (nSPS) is 12.2. The fourth-order valence-electron chi connectivity index (χ4n) is 0.589. The molecule has 3 heteroatoms. The molecular formula is C8H15NOS. The van der Waals surface area contributed by atoms with Gasteiger partial charge in [-0.15, -0.1) is 0 Å². The van der Waals surface area contributed by atoms with Crippen LogP contribution in [0, 0.1) is 0 Å². The predicted octanol–water partition coefficient (Wildman–Crippen LogP) is 1.43. The molecule has 0 fully saturated rings. The van der Waals surface area contributed by atoms with Gasteiger partial charge in [0.2, 0.25) is 5.91 Å². The lowest BCUT2D eigenvalue weighted by atomic mass is 10.3. The van der Waals surface area contributed by atoms with Crippen LogP contribution in [0.15, 0.2) is 12.7 Å². The second-order valence-corrected chi connectivity index (χ2v) is 3.61. The zero-order chi connectivity index (χ0) is 8.69. The van der Waals surface area contributed by atoms with Crippen molar-refractivity contribution in [3.63, 3.8) is 0 Å². The molecule has 64 valence electrons. The first kappa shape index (κ1) is 10.6. The van der Waals surface area contributed by atoms with E-state index >= 15 is 0 Å². The predicted molar refractivity (Wildman–Crippen MR) is 50.8 cm³/mol. The SMILES string of the molecule is C=CC(=O)NCCC(C)SC. The van der Waals surface area contributed by atoms with E-state index in [1.165, 1.54) is 6.08 Å². The molecule has 0 aromatic rings. The molecule has 1 unspecified atom stereocenters. The summed E-state index contributed by atoms with van der Waals surface area (Å²) < 4.78 is 0. The second-order valence-electron chi connectivity index (χ2n) is 2.33. The van der Waals surface area contributed by atoms with Crippen molar-refractivity contribution >= 4 is 17.7 Å². The molecule has 0 aromatic heterocycles. The third-order valence-electron chi connectivity index (χ3n) is 1.44. The molecule has 1 amide bonds. The Kier molecular flexibility index (Phi) is 6.03. The number of nitrogens with one attached hydrogen (secondary N) is 1. The Balaban J connectivity index is 3.26. The fourth-order valence-corrected chi connectivity index (χ4v) is 0.942. The largest absolute Gasteiger partial charge is 0.353 e. The molecule has 0 bridgehead atoms. The van der Waals surface area contributed by atoms with Crippen molar-refractivity contribution in [3.8, 4) is 0 Å². The molecule has 0 heterocycles. The summed E-state index contributed by atoms with van der Waals surface area (Å²) in [5.41, 5.74) is 0. The van der Waals surface area contributed by atoms with E-state index in [4.69, 9.17) is 0 Å². The van der Waals surface area contributed by atoms with Crippen molar-refractivity contribution in [3.05, 3.63) is 12.7 Å². The highest BCUT2D eigenvalue weighted by Crippen LogP contribution is 2.07. The molecule has 0 aliphatic carbocycles. The van der Waals surface area contributed by atoms with Crippen LogP contribution in [-0.2, 0) is 4.79 Å². The first-order valence-electron chi connectivity index (χ1n) is 3.63. The lowest BCUT2D eigenvalue weighted by molar-refractivity contribution is -0.116. The van der Waals surface area contributed by atoms with Gasteiger partial charge in [0.1, 0.15) is 0 Å². The minimum Gasteiger partial charge on any atom is -0.353 e. The number of carbonyl (C=O) groups excluding carboxylic acids is 1. The van der Waals surface area contributed by atoms with E-state index in [1.54, 1.807) is 11.8 Å². The average molecular weight is 173 g/mol. The van der Waals surface area contributed by atoms with Crippen LogP contribution in [0.3, 0.4) is 0 Å². The minimum absolute atomic E-state index is 0.0849. The van der Waals surface area contributed by atoms with Crippen molar-refractivity contribution in [1.29, 1.82) is 0 Å². The molecule has 1 N–H and O–H groups in total. The van der Waals surface area contributed by atoms with Gasteiger partial charge in [-0.2, -0.15) is 11.8 Å². The molecule has 0 spiro atoms. The zero-order valence-electron chi connectivity index (χ0n) is 7.09. The van der Waals surface area contributed by atoms with Crippen LogP contribution in [0.4, 0.5) is 0 Å². The van der Waals surface area contributed by atoms with Gasteiger partial charge in [0.15, 0.2) is 0 Å². The lowest BCUT2D eigenvalue weighted by Crippen LogP contribution is -2.23. The van der Waals surface area contributed by atoms with Gasteiger partial charge in [0.05, 0.1) is 0 Å². The molecule has 0 saturated carbocycles. The summed E-state index contributed by atoms with van der Waals surface area (Å²) in [5, 5.41) is 3.34. The van der Waals surface area contributed by atoms with Gasteiger partial charge in [-0.3, -0.25) is 4.79 Å². The highest BCUT2D eigenvalue weighted by atomic mass is 32.2. The van der Waals surface area contributed by atoms with Crippen LogP contribution in [0.5, 0.6) is 0 Å². The molecule has 0 rings (SSSR count). The van der Waals surface area contributed by atoms with Gasteiger partial charge in [-0.1, -0.05) is 13.5 Å². The van der Waals surface area contributed by atoms with Crippen molar-refractivity contribution in [2.45, 2.75) is 18.6 Å². The van der Waals surface area contributed by atoms with Crippen molar-refractivity contribution in [2.75, 3.05) is 12.8 Å². The standard InChI is InChI=1S/C8H15NOS/c1-4-8(10)9-6-5-7(2)11-3/h4,7H,1,5-6H2,2-3H3,(H,9,10). The first-order valence-corrected chi connectivity index (χ1v) is 4.92. The molecule has 0 saturated heterocycles. The number of rotatable bonds is 5. The van der Waals surface area contributed by atoms with Crippen molar-refractivity contribution < 1.29 is 4.79 Å². The summed E-state index contributed by atoms with van der Waals surface area (Å²) in [6, 6.07) is 0. The monoisotopic (exact) mass is 173 g/mol. The number of thioether (sulfide) groups is 1. The summed E-state index contributed by atoms with van der Waals surface area (Å²) in [7, 11) is 0. The van der Waals surface area contributed by atoms with Crippen LogP contribution in [0.25, 0.3) is 0 Å². The third kappa shape index (κ3) is 5.98. The zero-order valence-corrected chi connectivity index (χ0v) is 7.91. The maximum Gasteiger partial charge on any atom is 0.243 e. The summed E-state index contributed by atoms with van der Waals surface area (Å²) in [4.78, 5) is 10.6. The number of amides is 1. The van der Waals surface area contributed by atoms with E-state index in [-0.39, 0.29) is 5.91 Å². The number of hydrogen-bond donors (Lipinski definition) is 1. The number of carbonyl (C=O) groups is 1. The van der Waals surface area contributed by atoms with E-state index in [0.29, 0.717) is 5.25 Å². The molecule has 1 atom stereocenters. The highest BCUT2D eigenvalue weighted by Gasteiger charge is 1.98. The van der Waals surface area contributed by atoms with E-state index in [0.717, 1.165) is 13.0 Å². The quantitative estimate of drug-likeness (QED) is 0.637.